The molecule has 2 saturated heterocycles. The normalized spacial score (nSPS) is 20.4. The van der Waals surface area contributed by atoms with Crippen LogP contribution in [-0.2, 0) is 19.1 Å². The molecule has 1 saturated carbocycles. The van der Waals surface area contributed by atoms with Crippen LogP contribution in [0.15, 0.2) is 85.2 Å². The van der Waals surface area contributed by atoms with Crippen molar-refractivity contribution in [3.63, 3.8) is 0 Å². The van der Waals surface area contributed by atoms with Crippen molar-refractivity contribution in [1.29, 1.82) is 0 Å². The number of ether oxygens (including phenoxy) is 3. The molecule has 5 aromatic rings. The van der Waals surface area contributed by atoms with Gasteiger partial charge < -0.3 is 44.6 Å². The fourth-order valence-electron chi connectivity index (χ4n) is 9.32. The van der Waals surface area contributed by atoms with Crippen LogP contribution in [0.25, 0.3) is 22.5 Å². The number of hydrogen-bond donors (Lipinski definition) is 4. The number of alkyl carbamates (subject to hydrolysis) is 2. The lowest BCUT2D eigenvalue weighted by molar-refractivity contribution is -0.135. The molecule has 344 valence electrons. The van der Waals surface area contributed by atoms with Crippen molar-refractivity contribution in [2.45, 2.75) is 95.7 Å². The third-order valence-corrected chi connectivity index (χ3v) is 12.6. The first-order chi connectivity index (χ1) is 31.5. The molecule has 1 aliphatic carbocycles. The Bertz CT molecular complexity index is 2390. The molecule has 2 aliphatic heterocycles. The van der Waals surface area contributed by atoms with Crippen molar-refractivity contribution in [2.24, 2.45) is 5.92 Å². The van der Waals surface area contributed by atoms with E-state index in [0.717, 1.165) is 65.6 Å². The number of H-pyrrole nitrogens is 2. The summed E-state index contributed by atoms with van der Waals surface area (Å²) in [5.41, 5.74) is 7.48. The Morgan fingerprint density at radius 2 is 1.12 bits per heavy atom. The van der Waals surface area contributed by atoms with E-state index in [1.807, 2.05) is 43.3 Å². The summed E-state index contributed by atoms with van der Waals surface area (Å²) in [4.78, 5) is 70.1. The maximum atomic E-state index is 13.7. The number of nitrogens with one attached hydrogen (secondary N) is 4. The Hall–Kier alpha value is -6.64. The number of benzene rings is 3. The van der Waals surface area contributed by atoms with Crippen LogP contribution in [0.4, 0.5) is 9.59 Å². The molecule has 3 aliphatic rings. The van der Waals surface area contributed by atoms with Gasteiger partial charge in [-0.25, -0.2) is 19.6 Å². The number of aromatic nitrogens is 4. The van der Waals surface area contributed by atoms with E-state index in [9.17, 15) is 19.2 Å². The molecule has 2 aromatic heterocycles. The van der Waals surface area contributed by atoms with Crippen molar-refractivity contribution < 1.29 is 33.4 Å². The molecule has 0 bridgehead atoms. The fourth-order valence-corrected chi connectivity index (χ4v) is 9.32. The molecule has 3 aromatic carbocycles. The first-order valence-electron chi connectivity index (χ1n) is 22.7. The predicted molar refractivity (Wildman–Crippen MR) is 247 cm³/mol. The molecular formula is C50H62N8O7. The zero-order valence-electron chi connectivity index (χ0n) is 38.4. The molecule has 65 heavy (non-hydrogen) atoms. The van der Waals surface area contributed by atoms with Gasteiger partial charge in [-0.05, 0) is 89.3 Å². The largest absolute Gasteiger partial charge is 0.497 e. The Kier molecular flexibility index (Phi) is 14.9. The van der Waals surface area contributed by atoms with Crippen molar-refractivity contribution >= 4 is 24.0 Å². The van der Waals surface area contributed by atoms with E-state index in [4.69, 9.17) is 14.5 Å². The standard InChI is InChI=1S/C47H54N8O7.C3H8/c1-27(2)42(53-47(59)62-5)45(57)55-23-7-9-37(55)44-49-25-35(52-44)29-12-16-31(17-13-29)40-39(41(40)32-18-20-33(60-3)21-19-32)30-14-10-28(11-15-30)34-24-48-43(51-34)36-8-6-22-54(36)38(56)26-50-46(58)61-4;1-3-2/h10-21,24-25,27,36-37,39-42H,6-9,22-23,26H2,1-5H3,(H,48,51)(H,49,52)(H,50,58)(H,53,59);3H2,1-2H3/t36-,37?,39?,40?,41?,42?;/m0./s1. The highest BCUT2D eigenvalue weighted by molar-refractivity contribution is 5.86. The molecule has 0 radical (unpaired) electrons. The lowest BCUT2D eigenvalue weighted by atomic mass is 10.0. The van der Waals surface area contributed by atoms with E-state index in [2.05, 4.69) is 105 Å². The van der Waals surface area contributed by atoms with Crippen LogP contribution in [0.2, 0.25) is 0 Å². The maximum Gasteiger partial charge on any atom is 0.407 e. The summed E-state index contributed by atoms with van der Waals surface area (Å²) in [6, 6.07) is 24.6. The molecule has 5 unspecified atom stereocenters. The van der Waals surface area contributed by atoms with Crippen molar-refractivity contribution in [3.05, 3.63) is 114 Å². The number of methoxy groups -OCH3 is 3. The first kappa shape index (κ1) is 46.4. The van der Waals surface area contributed by atoms with Gasteiger partial charge in [0, 0.05) is 13.1 Å². The van der Waals surface area contributed by atoms with Gasteiger partial charge in [-0.2, -0.15) is 0 Å². The Morgan fingerprint density at radius 1 is 0.677 bits per heavy atom. The van der Waals surface area contributed by atoms with Gasteiger partial charge in [-0.1, -0.05) is 94.8 Å². The zero-order chi connectivity index (χ0) is 46.2. The quantitative estimate of drug-likeness (QED) is 0.0899. The molecule has 15 nitrogen and oxygen atoms in total. The topological polar surface area (TPSA) is 184 Å². The zero-order valence-corrected chi connectivity index (χ0v) is 38.4. The maximum absolute atomic E-state index is 13.7. The summed E-state index contributed by atoms with van der Waals surface area (Å²) >= 11 is 0. The SMILES string of the molecule is CCC.COC(=O)NCC(=O)N1CCC[C@H]1c1ncc(-c2ccc(C3C(c4ccc(OC)cc4)C3c3ccc(-c4cnc(C5CCCN5C(=O)C(NC(=O)OC)C(C)C)[nH]4)cc3)cc2)[nH]1. The molecular weight excluding hydrogens is 825 g/mol. The van der Waals surface area contributed by atoms with Crippen molar-refractivity contribution in [2.75, 3.05) is 41.0 Å². The van der Waals surface area contributed by atoms with Crippen LogP contribution in [0.1, 0.15) is 118 Å². The Morgan fingerprint density at radius 3 is 1.57 bits per heavy atom. The molecule has 4 heterocycles. The van der Waals surface area contributed by atoms with Gasteiger partial charge in [0.05, 0.1) is 57.2 Å². The molecule has 3 fully saturated rings. The van der Waals surface area contributed by atoms with Gasteiger partial charge in [0.2, 0.25) is 11.8 Å². The molecule has 8 rings (SSSR count). The summed E-state index contributed by atoms with van der Waals surface area (Å²) in [6.45, 7) is 9.13. The molecule has 4 amide bonds. The highest BCUT2D eigenvalue weighted by atomic mass is 16.5. The van der Waals surface area contributed by atoms with Crippen LogP contribution in [0.5, 0.6) is 5.75 Å². The van der Waals surface area contributed by atoms with Gasteiger partial charge in [0.1, 0.15) is 30.0 Å². The second-order valence-electron chi connectivity index (χ2n) is 17.3. The van der Waals surface area contributed by atoms with Crippen LogP contribution in [0.3, 0.4) is 0 Å². The van der Waals surface area contributed by atoms with Crippen LogP contribution >= 0.6 is 0 Å². The summed E-state index contributed by atoms with van der Waals surface area (Å²) in [5.74, 6) is 2.62. The second kappa shape index (κ2) is 20.9. The van der Waals surface area contributed by atoms with Gasteiger partial charge in [0.25, 0.3) is 0 Å². The Balaban J connectivity index is 0.00000204. The average Bonchev–Trinajstić information content (AvgIpc) is 3.96. The summed E-state index contributed by atoms with van der Waals surface area (Å²) in [5, 5.41) is 5.20. The molecule has 0 spiro atoms. The van der Waals surface area contributed by atoms with Crippen LogP contribution < -0.4 is 15.4 Å². The number of amides is 4. The minimum Gasteiger partial charge on any atom is -0.497 e. The van der Waals surface area contributed by atoms with Gasteiger partial charge in [-0.3, -0.25) is 9.59 Å². The highest BCUT2D eigenvalue weighted by Gasteiger charge is 2.52. The number of carbonyl (C=O) groups is 4. The average molecular weight is 887 g/mol. The number of likely N-dealkylation sites (tertiary alicyclic amines) is 2. The predicted octanol–water partition coefficient (Wildman–Crippen LogP) is 8.62. The molecule has 4 N–H and O–H groups in total. The number of aromatic amines is 2. The summed E-state index contributed by atoms with van der Waals surface area (Å²) < 4.78 is 14.9. The van der Waals surface area contributed by atoms with E-state index < -0.39 is 18.2 Å². The van der Waals surface area contributed by atoms with E-state index in [0.29, 0.717) is 13.1 Å². The van der Waals surface area contributed by atoms with Gasteiger partial charge >= 0.3 is 12.2 Å². The van der Waals surface area contributed by atoms with Gasteiger partial charge in [0.15, 0.2) is 0 Å². The second-order valence-corrected chi connectivity index (χ2v) is 17.3. The number of imidazole rings is 2. The van der Waals surface area contributed by atoms with Gasteiger partial charge in [-0.15, -0.1) is 0 Å². The number of hydrogen-bond acceptors (Lipinski definition) is 9. The monoisotopic (exact) mass is 886 g/mol. The Labute approximate surface area is 381 Å². The number of nitrogens with zero attached hydrogens (tertiary/aromatic N) is 4. The van der Waals surface area contributed by atoms with E-state index in [-0.39, 0.29) is 54.1 Å². The lowest BCUT2D eigenvalue weighted by Crippen LogP contribution is -2.51. The minimum atomic E-state index is -0.695. The third-order valence-electron chi connectivity index (χ3n) is 12.6. The minimum absolute atomic E-state index is 0.112. The van der Waals surface area contributed by atoms with Crippen LogP contribution in [-0.4, -0.2) is 101 Å². The summed E-state index contributed by atoms with van der Waals surface area (Å²) in [7, 11) is 4.24. The van der Waals surface area contributed by atoms with Crippen molar-refractivity contribution in [3.8, 4) is 28.3 Å². The lowest BCUT2D eigenvalue weighted by Gasteiger charge is -2.30. The first-order valence-corrected chi connectivity index (χ1v) is 22.7. The molecule has 15 heteroatoms. The molecule has 6 atom stereocenters. The summed E-state index contributed by atoms with van der Waals surface area (Å²) in [6.07, 6.45) is 6.90. The number of rotatable bonds is 13. The smallest absolute Gasteiger partial charge is 0.407 e. The third kappa shape index (κ3) is 10.3. The van der Waals surface area contributed by atoms with Crippen molar-refractivity contribution in [1.82, 2.24) is 40.4 Å². The van der Waals surface area contributed by atoms with Crippen LogP contribution in [0, 0.1) is 5.92 Å². The van der Waals surface area contributed by atoms with E-state index >= 15 is 0 Å². The van der Waals surface area contributed by atoms with E-state index in [1.54, 1.807) is 12.0 Å². The van der Waals surface area contributed by atoms with E-state index in [1.165, 1.54) is 37.3 Å². The number of carbonyl (C=O) groups excluding carboxylic acids is 4. The fraction of sp³-hybridized carbons (Fsp3) is 0.440. The highest BCUT2D eigenvalue weighted by Crippen LogP contribution is 2.66.